The van der Waals surface area contributed by atoms with E-state index in [2.05, 4.69) is 0 Å². The average Bonchev–Trinajstić information content (AvgIpc) is 3.21. The van der Waals surface area contributed by atoms with Crippen LogP contribution in [0.15, 0.2) is 60.8 Å². The molecule has 0 unspecified atom stereocenters. The lowest BCUT2D eigenvalue weighted by Crippen LogP contribution is -2.33. The van der Waals surface area contributed by atoms with E-state index in [0.29, 0.717) is 37.7 Å². The Hall–Kier alpha value is -2.87. The van der Waals surface area contributed by atoms with Crippen LogP contribution in [0, 0.1) is 10.1 Å². The van der Waals surface area contributed by atoms with Crippen LogP contribution in [0.1, 0.15) is 28.0 Å². The van der Waals surface area contributed by atoms with Crippen LogP contribution in [-0.2, 0) is 17.8 Å². The zero-order chi connectivity index (χ0) is 23.1. The third-order valence-electron chi connectivity index (χ3n) is 5.03. The lowest BCUT2D eigenvalue weighted by Gasteiger charge is -2.24. The van der Waals surface area contributed by atoms with Gasteiger partial charge in [-0.1, -0.05) is 41.4 Å². The second kappa shape index (κ2) is 11.1. The summed E-state index contributed by atoms with van der Waals surface area (Å²) in [6.07, 6.45) is 2.56. The van der Waals surface area contributed by atoms with Crippen molar-refractivity contribution in [2.45, 2.75) is 19.5 Å². The number of nitro benzene ring substituents is 1. The first-order valence-corrected chi connectivity index (χ1v) is 10.8. The van der Waals surface area contributed by atoms with Crippen molar-refractivity contribution in [1.29, 1.82) is 0 Å². The molecule has 0 atom stereocenters. The first-order chi connectivity index (χ1) is 15.4. The van der Waals surface area contributed by atoms with Gasteiger partial charge in [-0.2, -0.15) is 0 Å². The Kier molecular flexibility index (Phi) is 8.27. The highest BCUT2D eigenvalue weighted by Crippen LogP contribution is 2.26. The van der Waals surface area contributed by atoms with Gasteiger partial charge in [0.15, 0.2) is 0 Å². The Morgan fingerprint density at radius 3 is 2.62 bits per heavy atom. The van der Waals surface area contributed by atoms with Crippen molar-refractivity contribution in [2.24, 2.45) is 0 Å². The minimum Gasteiger partial charge on any atom is -0.385 e. The molecule has 3 aromatic rings. The second-order valence-electron chi connectivity index (χ2n) is 7.22. The summed E-state index contributed by atoms with van der Waals surface area (Å²) in [6, 6.07) is 15.6. The van der Waals surface area contributed by atoms with Crippen molar-refractivity contribution < 1.29 is 14.5 Å². The summed E-state index contributed by atoms with van der Waals surface area (Å²) < 4.78 is 7.16. The molecule has 2 aromatic carbocycles. The fourth-order valence-electron chi connectivity index (χ4n) is 3.37. The van der Waals surface area contributed by atoms with Gasteiger partial charge in [0, 0.05) is 55.3 Å². The predicted molar refractivity (Wildman–Crippen MR) is 124 cm³/mol. The van der Waals surface area contributed by atoms with Crippen molar-refractivity contribution in [2.75, 3.05) is 20.3 Å². The molecule has 0 spiro atoms. The van der Waals surface area contributed by atoms with E-state index in [1.807, 2.05) is 47.2 Å². The number of hydrogen-bond donors (Lipinski definition) is 0. The Morgan fingerprint density at radius 2 is 1.91 bits per heavy atom. The standard InChI is InChI=1S/C23H23Cl2N3O4/c1-32-13-5-12-27(23(29)17-9-10-21(25)22(14-17)28(30)31)16-19-7-4-11-26(19)15-18-6-2-3-8-20(18)24/h2-4,6-11,14H,5,12-13,15-16H2,1H3. The van der Waals surface area contributed by atoms with Gasteiger partial charge >= 0.3 is 0 Å². The Labute approximate surface area is 196 Å². The van der Waals surface area contributed by atoms with E-state index in [1.54, 1.807) is 12.0 Å². The minimum absolute atomic E-state index is 0.00824. The van der Waals surface area contributed by atoms with Gasteiger partial charge in [0.25, 0.3) is 11.6 Å². The van der Waals surface area contributed by atoms with Crippen LogP contribution in [-0.4, -0.2) is 40.6 Å². The number of nitro groups is 1. The highest BCUT2D eigenvalue weighted by atomic mass is 35.5. The predicted octanol–water partition coefficient (Wildman–Crippen LogP) is 5.43. The fraction of sp³-hybridized carbons (Fsp3) is 0.261. The van der Waals surface area contributed by atoms with Crippen LogP contribution < -0.4 is 0 Å². The first-order valence-electron chi connectivity index (χ1n) is 10.00. The monoisotopic (exact) mass is 475 g/mol. The Bertz CT molecular complexity index is 1100. The number of halogens is 2. The molecule has 1 aromatic heterocycles. The van der Waals surface area contributed by atoms with Crippen LogP contribution in [0.3, 0.4) is 0 Å². The number of ether oxygens (including phenoxy) is 1. The molecule has 0 aliphatic heterocycles. The third-order valence-corrected chi connectivity index (χ3v) is 5.72. The summed E-state index contributed by atoms with van der Waals surface area (Å²) in [7, 11) is 1.60. The molecule has 0 N–H and O–H groups in total. The van der Waals surface area contributed by atoms with E-state index in [-0.39, 0.29) is 22.2 Å². The van der Waals surface area contributed by atoms with Gasteiger partial charge in [-0.15, -0.1) is 0 Å². The molecule has 9 heteroatoms. The number of nitrogens with zero attached hydrogens (tertiary/aromatic N) is 3. The molecule has 0 saturated carbocycles. The minimum atomic E-state index is -0.594. The van der Waals surface area contributed by atoms with Crippen LogP contribution in [0.2, 0.25) is 10.0 Å². The molecule has 1 amide bonds. The molecule has 0 aliphatic rings. The molecule has 1 heterocycles. The molecule has 3 rings (SSSR count). The number of aromatic nitrogens is 1. The lowest BCUT2D eigenvalue weighted by molar-refractivity contribution is -0.384. The number of carbonyl (C=O) groups is 1. The molecule has 32 heavy (non-hydrogen) atoms. The topological polar surface area (TPSA) is 77.6 Å². The smallest absolute Gasteiger partial charge is 0.288 e. The van der Waals surface area contributed by atoms with E-state index in [4.69, 9.17) is 27.9 Å². The van der Waals surface area contributed by atoms with Crippen LogP contribution in [0.5, 0.6) is 0 Å². The number of amides is 1. The van der Waals surface area contributed by atoms with Crippen molar-refractivity contribution >= 4 is 34.8 Å². The SMILES string of the molecule is COCCCN(Cc1cccn1Cc1ccccc1Cl)C(=O)c1ccc(Cl)c([N+](=O)[O-])c1. The van der Waals surface area contributed by atoms with Gasteiger partial charge in [-0.3, -0.25) is 14.9 Å². The van der Waals surface area contributed by atoms with Crippen molar-refractivity contribution in [3.8, 4) is 0 Å². The molecule has 0 fully saturated rings. The largest absolute Gasteiger partial charge is 0.385 e. The zero-order valence-electron chi connectivity index (χ0n) is 17.5. The van der Waals surface area contributed by atoms with Crippen molar-refractivity contribution in [1.82, 2.24) is 9.47 Å². The number of benzene rings is 2. The normalized spacial score (nSPS) is 10.8. The molecule has 0 aliphatic carbocycles. The van der Waals surface area contributed by atoms with Gasteiger partial charge in [-0.05, 0) is 42.3 Å². The van der Waals surface area contributed by atoms with Crippen LogP contribution in [0.25, 0.3) is 0 Å². The summed E-state index contributed by atoms with van der Waals surface area (Å²) in [5.41, 5.74) is 1.80. The second-order valence-corrected chi connectivity index (χ2v) is 8.03. The third kappa shape index (κ3) is 5.88. The van der Waals surface area contributed by atoms with Gasteiger partial charge < -0.3 is 14.2 Å². The maximum absolute atomic E-state index is 13.3. The first kappa shape index (κ1) is 23.8. The molecule has 0 saturated heterocycles. The Morgan fingerprint density at radius 1 is 1.12 bits per heavy atom. The fourth-order valence-corrected chi connectivity index (χ4v) is 3.76. The van der Waals surface area contributed by atoms with Crippen LogP contribution >= 0.6 is 23.2 Å². The molecule has 168 valence electrons. The van der Waals surface area contributed by atoms with Crippen molar-refractivity contribution in [3.05, 3.63) is 97.8 Å². The highest BCUT2D eigenvalue weighted by molar-refractivity contribution is 6.32. The number of methoxy groups -OCH3 is 1. The van der Waals surface area contributed by atoms with Crippen LogP contribution in [0.4, 0.5) is 5.69 Å². The molecule has 7 nitrogen and oxygen atoms in total. The Balaban J connectivity index is 1.85. The number of hydrogen-bond acceptors (Lipinski definition) is 4. The van der Waals surface area contributed by atoms with Gasteiger partial charge in [0.1, 0.15) is 5.02 Å². The summed E-state index contributed by atoms with van der Waals surface area (Å²) in [5, 5.41) is 11.9. The maximum Gasteiger partial charge on any atom is 0.288 e. The molecular formula is C23H23Cl2N3O4. The zero-order valence-corrected chi connectivity index (χ0v) is 19.1. The van der Waals surface area contributed by atoms with Gasteiger partial charge in [-0.25, -0.2) is 0 Å². The average molecular weight is 476 g/mol. The van der Waals surface area contributed by atoms with Gasteiger partial charge in [0.2, 0.25) is 0 Å². The van der Waals surface area contributed by atoms with E-state index in [0.717, 1.165) is 11.3 Å². The number of rotatable bonds is 10. The van der Waals surface area contributed by atoms with Crippen molar-refractivity contribution in [3.63, 3.8) is 0 Å². The maximum atomic E-state index is 13.3. The number of carbonyl (C=O) groups excluding carboxylic acids is 1. The quantitative estimate of drug-likeness (QED) is 0.222. The van der Waals surface area contributed by atoms with E-state index in [9.17, 15) is 14.9 Å². The summed E-state index contributed by atoms with van der Waals surface area (Å²) >= 11 is 12.2. The van der Waals surface area contributed by atoms with E-state index in [1.165, 1.54) is 18.2 Å². The summed E-state index contributed by atoms with van der Waals surface area (Å²) in [6.45, 7) is 1.82. The molecule has 0 bridgehead atoms. The summed E-state index contributed by atoms with van der Waals surface area (Å²) in [5.74, 6) is -0.314. The summed E-state index contributed by atoms with van der Waals surface area (Å²) in [4.78, 5) is 25.6. The highest BCUT2D eigenvalue weighted by Gasteiger charge is 2.21. The molecule has 0 radical (unpaired) electrons. The molecular weight excluding hydrogens is 453 g/mol. The lowest BCUT2D eigenvalue weighted by atomic mass is 10.1. The van der Waals surface area contributed by atoms with E-state index >= 15 is 0 Å². The van der Waals surface area contributed by atoms with E-state index < -0.39 is 4.92 Å². The van der Waals surface area contributed by atoms with Gasteiger partial charge in [0.05, 0.1) is 11.5 Å².